The number of ether oxygens (including phenoxy) is 1. The van der Waals surface area contributed by atoms with Gasteiger partial charge in [0.25, 0.3) is 0 Å². The highest BCUT2D eigenvalue weighted by Crippen LogP contribution is 2.42. The molecule has 0 heterocycles. The summed E-state index contributed by atoms with van der Waals surface area (Å²) in [5, 5.41) is 13.0. The molecule has 0 saturated heterocycles. The third-order valence-electron chi connectivity index (χ3n) is 3.68. The van der Waals surface area contributed by atoms with Crippen molar-refractivity contribution < 1.29 is 9.84 Å². The molecule has 0 aromatic heterocycles. The number of rotatable bonds is 7. The van der Waals surface area contributed by atoms with Crippen LogP contribution in [-0.2, 0) is 0 Å². The molecule has 0 amide bonds. The van der Waals surface area contributed by atoms with Gasteiger partial charge < -0.3 is 15.2 Å². The van der Waals surface area contributed by atoms with Crippen LogP contribution in [0.4, 0.5) is 0 Å². The minimum atomic E-state index is -0.131. The monoisotopic (exact) mass is 267 g/mol. The number of thioether (sulfide) groups is 1. The first kappa shape index (κ1) is 13.7. The van der Waals surface area contributed by atoms with Gasteiger partial charge in [0, 0.05) is 10.6 Å². The fourth-order valence-electron chi connectivity index (χ4n) is 2.19. The second-order valence-electron chi connectivity index (χ2n) is 4.81. The third kappa shape index (κ3) is 2.99. The number of aliphatic hydroxyl groups excluding tert-OH is 1. The minimum Gasteiger partial charge on any atom is -0.497 e. The Morgan fingerprint density at radius 1 is 1.50 bits per heavy atom. The molecule has 1 aliphatic carbocycles. The van der Waals surface area contributed by atoms with Gasteiger partial charge in [-0.25, -0.2) is 0 Å². The lowest BCUT2D eigenvalue weighted by atomic mass is 9.97. The highest BCUT2D eigenvalue weighted by Gasteiger charge is 2.43. The van der Waals surface area contributed by atoms with Crippen LogP contribution in [0.25, 0.3) is 0 Å². The summed E-state index contributed by atoms with van der Waals surface area (Å²) in [5.74, 6) is 2.38. The Balaban J connectivity index is 2.00. The maximum absolute atomic E-state index is 9.67. The Morgan fingerprint density at radius 2 is 2.28 bits per heavy atom. The number of hydrogen-bond acceptors (Lipinski definition) is 4. The first-order valence-electron chi connectivity index (χ1n) is 6.31. The maximum Gasteiger partial charge on any atom is 0.119 e. The molecule has 1 saturated carbocycles. The summed E-state index contributed by atoms with van der Waals surface area (Å²) in [4.78, 5) is 1.18. The topological polar surface area (TPSA) is 41.5 Å². The maximum atomic E-state index is 9.67. The van der Waals surface area contributed by atoms with Crippen LogP contribution in [0.5, 0.6) is 5.75 Å². The Bertz CT molecular complexity index is 389. The summed E-state index contributed by atoms with van der Waals surface area (Å²) in [6.07, 6.45) is 2.44. The lowest BCUT2D eigenvalue weighted by Crippen LogP contribution is -2.51. The van der Waals surface area contributed by atoms with Crippen molar-refractivity contribution in [3.63, 3.8) is 0 Å². The van der Waals surface area contributed by atoms with Crippen molar-refractivity contribution in [1.29, 1.82) is 0 Å². The Kier molecular flexibility index (Phi) is 4.54. The van der Waals surface area contributed by atoms with Gasteiger partial charge in [0.2, 0.25) is 0 Å². The average Bonchev–Trinajstić information content (AvgIpc) is 3.26. The molecule has 1 aromatic carbocycles. The van der Waals surface area contributed by atoms with E-state index in [1.807, 2.05) is 25.2 Å². The highest BCUT2D eigenvalue weighted by molar-refractivity contribution is 7.99. The van der Waals surface area contributed by atoms with Gasteiger partial charge in [-0.05, 0) is 44.0 Å². The van der Waals surface area contributed by atoms with Crippen molar-refractivity contribution in [2.75, 3.05) is 26.5 Å². The van der Waals surface area contributed by atoms with E-state index >= 15 is 0 Å². The van der Waals surface area contributed by atoms with Crippen LogP contribution in [0.1, 0.15) is 12.8 Å². The van der Waals surface area contributed by atoms with Crippen LogP contribution in [0.15, 0.2) is 29.2 Å². The molecule has 3 nitrogen and oxygen atoms in total. The third-order valence-corrected chi connectivity index (χ3v) is 4.92. The number of likely N-dealkylation sites (N-methyl/N-ethyl adjacent to an activating group) is 1. The zero-order valence-electron chi connectivity index (χ0n) is 11.0. The molecule has 2 N–H and O–H groups in total. The molecule has 4 heteroatoms. The Morgan fingerprint density at radius 3 is 2.83 bits per heavy atom. The van der Waals surface area contributed by atoms with E-state index in [9.17, 15) is 5.11 Å². The van der Waals surface area contributed by atoms with E-state index < -0.39 is 0 Å². The van der Waals surface area contributed by atoms with Gasteiger partial charge in [-0.15, -0.1) is 11.8 Å². The van der Waals surface area contributed by atoms with Crippen molar-refractivity contribution in [3.05, 3.63) is 24.3 Å². The fraction of sp³-hybridized carbons (Fsp3) is 0.571. The predicted molar refractivity (Wildman–Crippen MR) is 75.3 cm³/mol. The van der Waals surface area contributed by atoms with Crippen LogP contribution in [0.3, 0.4) is 0 Å². The summed E-state index contributed by atoms with van der Waals surface area (Å²) in [6.45, 7) is 0.200. The quantitative estimate of drug-likeness (QED) is 0.743. The van der Waals surface area contributed by atoms with Crippen LogP contribution in [0, 0.1) is 5.92 Å². The highest BCUT2D eigenvalue weighted by atomic mass is 32.2. The summed E-state index contributed by atoms with van der Waals surface area (Å²) in [7, 11) is 3.63. The lowest BCUT2D eigenvalue weighted by Gasteiger charge is -2.31. The Labute approximate surface area is 113 Å². The molecular formula is C14H21NO2S. The van der Waals surface area contributed by atoms with Crippen molar-refractivity contribution in [2.24, 2.45) is 5.92 Å². The van der Waals surface area contributed by atoms with Crippen LogP contribution >= 0.6 is 11.8 Å². The minimum absolute atomic E-state index is 0.131. The normalized spacial score (nSPS) is 18.4. The standard InChI is InChI=1S/C14H21NO2S/c1-15-14(9-16,11-6-7-11)10-18-13-5-3-4-12(8-13)17-2/h3-5,8,11,15-16H,6-7,9-10H2,1-2H3. The predicted octanol–water partition coefficient (Wildman–Crippen LogP) is 2.15. The molecule has 1 atom stereocenters. The first-order valence-corrected chi connectivity index (χ1v) is 7.29. The number of nitrogens with one attached hydrogen (secondary N) is 1. The zero-order valence-corrected chi connectivity index (χ0v) is 11.8. The van der Waals surface area contributed by atoms with E-state index in [0.29, 0.717) is 5.92 Å². The van der Waals surface area contributed by atoms with Crippen molar-refractivity contribution in [1.82, 2.24) is 5.32 Å². The van der Waals surface area contributed by atoms with Crippen LogP contribution in [-0.4, -0.2) is 37.2 Å². The van der Waals surface area contributed by atoms with Gasteiger partial charge in [-0.2, -0.15) is 0 Å². The number of benzene rings is 1. The summed E-state index contributed by atoms with van der Waals surface area (Å²) < 4.78 is 5.22. The van der Waals surface area contributed by atoms with E-state index in [1.165, 1.54) is 17.7 Å². The molecule has 2 rings (SSSR count). The van der Waals surface area contributed by atoms with Crippen molar-refractivity contribution in [3.8, 4) is 5.75 Å². The SMILES string of the molecule is CNC(CO)(CSc1cccc(OC)c1)C1CC1. The molecule has 100 valence electrons. The van der Waals surface area contributed by atoms with Gasteiger partial charge in [0.15, 0.2) is 0 Å². The zero-order chi connectivity index (χ0) is 13.0. The van der Waals surface area contributed by atoms with E-state index in [0.717, 1.165) is 11.5 Å². The number of hydrogen-bond donors (Lipinski definition) is 2. The first-order chi connectivity index (χ1) is 8.74. The Hall–Kier alpha value is -0.710. The molecule has 0 spiro atoms. The van der Waals surface area contributed by atoms with Crippen LogP contribution in [0.2, 0.25) is 0 Å². The van der Waals surface area contributed by atoms with Gasteiger partial charge in [-0.1, -0.05) is 6.07 Å². The molecule has 18 heavy (non-hydrogen) atoms. The summed E-state index contributed by atoms with van der Waals surface area (Å²) >= 11 is 1.77. The van der Waals surface area contributed by atoms with Crippen molar-refractivity contribution in [2.45, 2.75) is 23.3 Å². The average molecular weight is 267 g/mol. The second kappa shape index (κ2) is 5.95. The molecule has 0 aliphatic heterocycles. The van der Waals surface area contributed by atoms with E-state index in [-0.39, 0.29) is 12.1 Å². The molecule has 1 unspecified atom stereocenters. The van der Waals surface area contributed by atoms with Gasteiger partial charge in [0.1, 0.15) is 5.75 Å². The molecule has 0 bridgehead atoms. The molecule has 0 radical (unpaired) electrons. The second-order valence-corrected chi connectivity index (χ2v) is 5.85. The number of methoxy groups -OCH3 is 1. The fourth-order valence-corrected chi connectivity index (χ4v) is 3.46. The summed E-state index contributed by atoms with van der Waals surface area (Å²) in [5.41, 5.74) is -0.131. The van der Waals surface area contributed by atoms with Gasteiger partial charge in [-0.3, -0.25) is 0 Å². The van der Waals surface area contributed by atoms with Crippen LogP contribution < -0.4 is 10.1 Å². The summed E-state index contributed by atoms with van der Waals surface area (Å²) in [6, 6.07) is 8.06. The van der Waals surface area contributed by atoms with Gasteiger partial charge >= 0.3 is 0 Å². The lowest BCUT2D eigenvalue weighted by molar-refractivity contribution is 0.167. The molecule has 1 aliphatic rings. The van der Waals surface area contributed by atoms with E-state index in [1.54, 1.807) is 18.9 Å². The van der Waals surface area contributed by atoms with E-state index in [4.69, 9.17) is 4.74 Å². The molecular weight excluding hydrogens is 246 g/mol. The number of aliphatic hydroxyl groups is 1. The smallest absolute Gasteiger partial charge is 0.119 e. The molecule has 1 aromatic rings. The largest absolute Gasteiger partial charge is 0.497 e. The molecule has 1 fully saturated rings. The van der Waals surface area contributed by atoms with Crippen molar-refractivity contribution >= 4 is 11.8 Å². The van der Waals surface area contributed by atoms with E-state index in [2.05, 4.69) is 11.4 Å². The van der Waals surface area contributed by atoms with Gasteiger partial charge in [0.05, 0.1) is 19.3 Å².